The molecule has 2 aliphatic heterocycles. The Morgan fingerprint density at radius 1 is 0.957 bits per heavy atom. The van der Waals surface area contributed by atoms with Gasteiger partial charge in [0, 0.05) is 22.9 Å². The second-order valence-electron chi connectivity index (χ2n) is 11.8. The molecule has 0 radical (unpaired) electrons. The van der Waals surface area contributed by atoms with Crippen LogP contribution in [0.4, 0.5) is 0 Å². The van der Waals surface area contributed by atoms with E-state index in [1.807, 2.05) is 60.7 Å². The average molecular weight is 633 g/mol. The van der Waals surface area contributed by atoms with E-state index in [0.29, 0.717) is 29.3 Å². The number of ether oxygens (including phenoxy) is 1. The highest BCUT2D eigenvalue weighted by molar-refractivity contribution is 7.91. The smallest absolute Gasteiger partial charge is 0.272 e. The van der Waals surface area contributed by atoms with E-state index in [4.69, 9.17) is 9.84 Å². The van der Waals surface area contributed by atoms with Crippen molar-refractivity contribution in [3.8, 4) is 28.8 Å². The summed E-state index contributed by atoms with van der Waals surface area (Å²) < 4.78 is 32.3. The number of imide groups is 1. The molecule has 0 spiro atoms. The average Bonchev–Trinajstić information content (AvgIpc) is 3.65. The van der Waals surface area contributed by atoms with Gasteiger partial charge in [-0.15, -0.1) is 0 Å². The molecule has 232 valence electrons. The molecule has 1 aromatic heterocycles. The van der Waals surface area contributed by atoms with Crippen molar-refractivity contribution in [2.75, 3.05) is 18.1 Å². The number of aromatic nitrogens is 2. The number of nitriles is 1. The van der Waals surface area contributed by atoms with E-state index < -0.39 is 27.7 Å². The number of rotatable bonds is 8. The summed E-state index contributed by atoms with van der Waals surface area (Å²) in [5.41, 5.74) is 3.31. The number of carbonyl (C=O) groups is 2. The topological polar surface area (TPSA) is 122 Å². The molecule has 0 saturated carbocycles. The lowest BCUT2D eigenvalue weighted by molar-refractivity contribution is -0.142. The lowest BCUT2D eigenvalue weighted by atomic mass is 9.86. The largest absolute Gasteiger partial charge is 0.493 e. The molecule has 1 atom stereocenters. The van der Waals surface area contributed by atoms with E-state index in [1.54, 1.807) is 47.3 Å². The molecule has 6 rings (SSSR count). The molecule has 3 heterocycles. The molecular formula is C36H32N4O5S. The van der Waals surface area contributed by atoms with Crippen LogP contribution < -0.4 is 4.74 Å². The van der Waals surface area contributed by atoms with Crippen LogP contribution in [-0.2, 0) is 19.4 Å². The van der Waals surface area contributed by atoms with Crippen LogP contribution in [0.3, 0.4) is 0 Å². The fourth-order valence-electron chi connectivity index (χ4n) is 5.70. The molecule has 1 unspecified atom stereocenters. The number of para-hydroxylation sites is 1. The molecule has 1 fully saturated rings. The Labute approximate surface area is 268 Å². The molecule has 2 aliphatic rings. The first kappa shape index (κ1) is 30.7. The first-order chi connectivity index (χ1) is 22.1. The number of sulfone groups is 1. The Balaban J connectivity index is 1.54. The lowest BCUT2D eigenvalue weighted by Gasteiger charge is -2.32. The SMILES string of the molecule is CC(C)COc1ccc(-c2nn(-c3ccccc3)cc2/C=C2\C(=O)N(C3CCS(=O)(=O)C3)C(=O)C(C#N)=C2c2ccccc2)cc1. The van der Waals surface area contributed by atoms with E-state index in [2.05, 4.69) is 13.8 Å². The van der Waals surface area contributed by atoms with Crippen molar-refractivity contribution in [3.63, 3.8) is 0 Å². The van der Waals surface area contributed by atoms with E-state index >= 15 is 0 Å². The minimum Gasteiger partial charge on any atom is -0.493 e. The highest BCUT2D eigenvalue weighted by Gasteiger charge is 2.45. The van der Waals surface area contributed by atoms with Crippen LogP contribution in [0.1, 0.15) is 31.4 Å². The van der Waals surface area contributed by atoms with Gasteiger partial charge in [0.05, 0.1) is 41.1 Å². The third kappa shape index (κ3) is 6.14. The van der Waals surface area contributed by atoms with Crippen molar-refractivity contribution in [1.82, 2.24) is 14.7 Å². The van der Waals surface area contributed by atoms with Gasteiger partial charge in [0.1, 0.15) is 17.4 Å². The molecule has 0 aliphatic carbocycles. The Bertz CT molecular complexity index is 2010. The Morgan fingerprint density at radius 3 is 2.24 bits per heavy atom. The summed E-state index contributed by atoms with van der Waals surface area (Å²) in [6.07, 6.45) is 3.56. The van der Waals surface area contributed by atoms with Crippen LogP contribution in [0, 0.1) is 17.2 Å². The van der Waals surface area contributed by atoms with Gasteiger partial charge in [0.25, 0.3) is 11.8 Å². The van der Waals surface area contributed by atoms with Gasteiger partial charge in [0.2, 0.25) is 0 Å². The minimum atomic E-state index is -3.43. The summed E-state index contributed by atoms with van der Waals surface area (Å²) in [5, 5.41) is 15.2. The fraction of sp³-hybridized carbons (Fsp3) is 0.222. The normalized spacial score (nSPS) is 18.8. The third-order valence-corrected chi connectivity index (χ3v) is 9.67. The summed E-state index contributed by atoms with van der Waals surface area (Å²) in [4.78, 5) is 29.0. The molecule has 1 saturated heterocycles. The Morgan fingerprint density at radius 2 is 1.63 bits per heavy atom. The number of nitrogens with zero attached hydrogens (tertiary/aromatic N) is 4. The maximum Gasteiger partial charge on any atom is 0.272 e. The maximum atomic E-state index is 14.3. The zero-order valence-electron chi connectivity index (χ0n) is 25.5. The number of benzene rings is 3. The van der Waals surface area contributed by atoms with E-state index in [0.717, 1.165) is 21.9 Å². The van der Waals surface area contributed by atoms with Crippen molar-refractivity contribution in [3.05, 3.63) is 113 Å². The zero-order valence-corrected chi connectivity index (χ0v) is 26.3. The molecule has 0 bridgehead atoms. The summed E-state index contributed by atoms with van der Waals surface area (Å²) >= 11 is 0. The van der Waals surface area contributed by atoms with Crippen LogP contribution in [0.15, 0.2) is 102 Å². The van der Waals surface area contributed by atoms with Crippen LogP contribution in [0.25, 0.3) is 28.6 Å². The summed E-state index contributed by atoms with van der Waals surface area (Å²) in [6, 6.07) is 27.0. The molecule has 4 aromatic rings. The molecule has 3 aromatic carbocycles. The molecule has 2 amide bonds. The predicted molar refractivity (Wildman–Crippen MR) is 175 cm³/mol. The van der Waals surface area contributed by atoms with Gasteiger partial charge in [-0.3, -0.25) is 14.5 Å². The molecule has 46 heavy (non-hydrogen) atoms. The van der Waals surface area contributed by atoms with Crippen molar-refractivity contribution in [2.24, 2.45) is 5.92 Å². The molecule has 9 nitrogen and oxygen atoms in total. The van der Waals surface area contributed by atoms with Gasteiger partial charge in [-0.05, 0) is 60.4 Å². The van der Waals surface area contributed by atoms with E-state index in [9.17, 15) is 23.3 Å². The number of carbonyl (C=O) groups excluding carboxylic acids is 2. The number of hydrogen-bond donors (Lipinski definition) is 0. The second kappa shape index (κ2) is 12.6. The number of amides is 2. The lowest BCUT2D eigenvalue weighted by Crippen LogP contribution is -2.49. The van der Waals surface area contributed by atoms with Crippen LogP contribution >= 0.6 is 0 Å². The van der Waals surface area contributed by atoms with Gasteiger partial charge < -0.3 is 4.74 Å². The Hall–Kier alpha value is -5.27. The van der Waals surface area contributed by atoms with Crippen molar-refractivity contribution in [1.29, 1.82) is 5.26 Å². The maximum absolute atomic E-state index is 14.3. The second-order valence-corrected chi connectivity index (χ2v) is 14.0. The first-order valence-corrected chi connectivity index (χ1v) is 16.9. The minimum absolute atomic E-state index is 0.109. The van der Waals surface area contributed by atoms with Gasteiger partial charge in [0.15, 0.2) is 9.84 Å². The monoisotopic (exact) mass is 632 g/mol. The van der Waals surface area contributed by atoms with Gasteiger partial charge in [-0.1, -0.05) is 62.4 Å². The highest BCUT2D eigenvalue weighted by atomic mass is 32.2. The number of hydrogen-bond acceptors (Lipinski definition) is 7. The van der Waals surface area contributed by atoms with Crippen LogP contribution in [0.5, 0.6) is 5.75 Å². The fourth-order valence-corrected chi connectivity index (χ4v) is 7.40. The summed E-state index contributed by atoms with van der Waals surface area (Å²) in [5.74, 6) is -0.817. The molecule has 10 heteroatoms. The summed E-state index contributed by atoms with van der Waals surface area (Å²) in [7, 11) is -3.43. The van der Waals surface area contributed by atoms with Crippen LogP contribution in [-0.4, -0.2) is 59.1 Å². The molecule has 0 N–H and O–H groups in total. The Kier molecular flexibility index (Phi) is 8.43. The quantitative estimate of drug-likeness (QED) is 0.186. The van der Waals surface area contributed by atoms with Gasteiger partial charge in [-0.2, -0.15) is 10.4 Å². The van der Waals surface area contributed by atoms with Crippen LogP contribution in [0.2, 0.25) is 0 Å². The third-order valence-electron chi connectivity index (χ3n) is 7.92. The summed E-state index contributed by atoms with van der Waals surface area (Å²) in [6.45, 7) is 4.73. The standard InChI is InChI=1S/C36H32N4O5S/c1-24(2)22-45-30-15-13-26(14-16-30)34-27(21-39(38-34)28-11-7-4-8-12-28)19-31-33(25-9-5-3-6-10-25)32(20-37)36(42)40(35(31)41)29-17-18-46(43,44)23-29/h3-16,19,21,24,29H,17-18,22-23H2,1-2H3/b31-19-. The first-order valence-electron chi connectivity index (χ1n) is 15.0. The van der Waals surface area contributed by atoms with E-state index in [1.165, 1.54) is 0 Å². The predicted octanol–water partition coefficient (Wildman–Crippen LogP) is 5.49. The highest BCUT2D eigenvalue weighted by Crippen LogP contribution is 2.38. The van der Waals surface area contributed by atoms with Gasteiger partial charge >= 0.3 is 0 Å². The molecular weight excluding hydrogens is 600 g/mol. The van der Waals surface area contributed by atoms with E-state index in [-0.39, 0.29) is 34.6 Å². The van der Waals surface area contributed by atoms with Crippen molar-refractivity contribution in [2.45, 2.75) is 26.3 Å². The zero-order chi connectivity index (χ0) is 32.4. The van der Waals surface area contributed by atoms with Crippen molar-refractivity contribution < 1.29 is 22.7 Å². The van der Waals surface area contributed by atoms with Gasteiger partial charge in [-0.25, -0.2) is 13.1 Å². The van der Waals surface area contributed by atoms with Crippen molar-refractivity contribution >= 4 is 33.3 Å².